The van der Waals surface area contributed by atoms with Gasteiger partial charge in [-0.1, -0.05) is 12.5 Å². The maximum Gasteiger partial charge on any atom is 0.252 e. The summed E-state index contributed by atoms with van der Waals surface area (Å²) >= 11 is 1.10. The van der Waals surface area contributed by atoms with Gasteiger partial charge >= 0.3 is 0 Å². The fourth-order valence-electron chi connectivity index (χ4n) is 2.91. The van der Waals surface area contributed by atoms with Crippen molar-refractivity contribution < 1.29 is 17.6 Å². The number of benzene rings is 1. The number of carbonyl (C=O) groups excluding carboxylic acids is 1. The molecule has 0 aliphatic carbocycles. The van der Waals surface area contributed by atoms with Crippen molar-refractivity contribution in [1.29, 1.82) is 0 Å². The second kappa shape index (κ2) is 7.85. The van der Waals surface area contributed by atoms with Gasteiger partial charge in [0.1, 0.15) is 10.0 Å². The topological polar surface area (TPSA) is 66.5 Å². The van der Waals surface area contributed by atoms with Gasteiger partial charge in [-0.2, -0.15) is 4.31 Å². The molecule has 0 unspecified atom stereocenters. The summed E-state index contributed by atoms with van der Waals surface area (Å²) in [5, 5.41) is 2.54. The molecule has 0 radical (unpaired) electrons. The molecule has 5 nitrogen and oxygen atoms in total. The van der Waals surface area contributed by atoms with Crippen LogP contribution in [0, 0.1) is 12.7 Å². The van der Waals surface area contributed by atoms with Crippen molar-refractivity contribution in [3.63, 3.8) is 0 Å². The number of piperidine rings is 1. The zero-order chi connectivity index (χ0) is 18.7. The van der Waals surface area contributed by atoms with Gasteiger partial charge in [-0.05, 0) is 49.6 Å². The van der Waals surface area contributed by atoms with E-state index < -0.39 is 15.8 Å². The predicted molar refractivity (Wildman–Crippen MR) is 100 cm³/mol. The minimum Gasteiger partial charge on any atom is -0.323 e. The largest absolute Gasteiger partial charge is 0.323 e. The van der Waals surface area contributed by atoms with Gasteiger partial charge in [-0.15, -0.1) is 11.3 Å². The van der Waals surface area contributed by atoms with E-state index in [2.05, 4.69) is 5.32 Å². The van der Waals surface area contributed by atoms with Crippen LogP contribution >= 0.6 is 11.3 Å². The molecule has 1 aliphatic rings. The molecule has 1 fully saturated rings. The number of nitrogens with zero attached hydrogens (tertiary/aromatic N) is 1. The summed E-state index contributed by atoms with van der Waals surface area (Å²) in [6.07, 6.45) is 2.81. The molecule has 1 saturated heterocycles. The third-order valence-corrected chi connectivity index (χ3v) is 7.73. The van der Waals surface area contributed by atoms with Crippen LogP contribution in [0.2, 0.25) is 0 Å². The number of hydrogen-bond donors (Lipinski definition) is 1. The lowest BCUT2D eigenvalue weighted by atomic mass is 10.2. The van der Waals surface area contributed by atoms with Crippen LogP contribution in [0.25, 0.3) is 0 Å². The Bertz CT molecular complexity index is 903. The number of hydrogen-bond acceptors (Lipinski definition) is 4. The Labute approximate surface area is 156 Å². The average molecular weight is 397 g/mol. The zero-order valence-corrected chi connectivity index (χ0v) is 16.1. The Morgan fingerprint density at radius 3 is 2.65 bits per heavy atom. The van der Waals surface area contributed by atoms with Crippen LogP contribution < -0.4 is 5.32 Å². The van der Waals surface area contributed by atoms with Crippen LogP contribution in [0.5, 0.6) is 0 Å². The molecule has 1 aromatic carbocycles. The number of rotatable bonds is 5. The molecule has 0 atom stereocenters. The van der Waals surface area contributed by atoms with Gasteiger partial charge in [0.25, 0.3) is 10.0 Å². The number of halogens is 1. The predicted octanol–water partition coefficient (Wildman–Crippen LogP) is 3.55. The third-order valence-electron chi connectivity index (χ3n) is 4.28. The van der Waals surface area contributed by atoms with Crippen molar-refractivity contribution in [1.82, 2.24) is 4.31 Å². The maximum atomic E-state index is 13.7. The van der Waals surface area contributed by atoms with Gasteiger partial charge in [0.15, 0.2) is 0 Å². The molecule has 1 amide bonds. The van der Waals surface area contributed by atoms with E-state index in [1.165, 1.54) is 10.4 Å². The zero-order valence-electron chi connectivity index (χ0n) is 14.5. The normalized spacial score (nSPS) is 15.8. The lowest BCUT2D eigenvalue weighted by Gasteiger charge is -2.25. The van der Waals surface area contributed by atoms with Crippen LogP contribution in [0.4, 0.5) is 10.1 Å². The standard InChI is InChI=1S/C18H21FN2O3S2/c1-13-5-7-15(19)16(11-13)20-17(22)12-14-6-8-18(25-14)26(23,24)21-9-3-2-4-10-21/h5-8,11H,2-4,9-10,12H2,1H3,(H,20,22). The van der Waals surface area contributed by atoms with Crippen molar-refractivity contribution in [2.75, 3.05) is 18.4 Å². The molecule has 0 spiro atoms. The number of carbonyl (C=O) groups is 1. The summed E-state index contributed by atoms with van der Waals surface area (Å²) in [5.74, 6) is -0.873. The van der Waals surface area contributed by atoms with E-state index in [4.69, 9.17) is 0 Å². The van der Waals surface area contributed by atoms with Crippen LogP contribution in [-0.2, 0) is 21.2 Å². The molecule has 0 saturated carbocycles. The van der Waals surface area contributed by atoms with E-state index in [1.807, 2.05) is 6.92 Å². The monoisotopic (exact) mass is 396 g/mol. The Morgan fingerprint density at radius 2 is 1.92 bits per heavy atom. The third kappa shape index (κ3) is 4.31. The first-order chi connectivity index (χ1) is 12.4. The van der Waals surface area contributed by atoms with Gasteiger partial charge in [-0.3, -0.25) is 4.79 Å². The molecule has 2 heterocycles. The Balaban J connectivity index is 1.68. The Kier molecular flexibility index (Phi) is 5.74. The number of sulfonamides is 1. The van der Waals surface area contributed by atoms with E-state index in [1.54, 1.807) is 24.3 Å². The van der Waals surface area contributed by atoms with E-state index in [9.17, 15) is 17.6 Å². The second-order valence-corrected chi connectivity index (χ2v) is 9.73. The van der Waals surface area contributed by atoms with Crippen molar-refractivity contribution >= 4 is 33.0 Å². The summed E-state index contributed by atoms with van der Waals surface area (Å²) in [4.78, 5) is 12.8. The SMILES string of the molecule is Cc1ccc(F)c(NC(=O)Cc2ccc(S(=O)(=O)N3CCCCC3)s2)c1. The van der Waals surface area contributed by atoms with Crippen LogP contribution in [0.1, 0.15) is 29.7 Å². The quantitative estimate of drug-likeness (QED) is 0.840. The second-order valence-electron chi connectivity index (χ2n) is 6.39. The van der Waals surface area contributed by atoms with Crippen molar-refractivity contribution in [2.24, 2.45) is 0 Å². The molecule has 2 aromatic rings. The van der Waals surface area contributed by atoms with Gasteiger partial charge < -0.3 is 5.32 Å². The summed E-state index contributed by atoms with van der Waals surface area (Å²) in [6.45, 7) is 2.90. The Morgan fingerprint density at radius 1 is 1.19 bits per heavy atom. The molecule has 1 aliphatic heterocycles. The van der Waals surface area contributed by atoms with Crippen LogP contribution in [-0.4, -0.2) is 31.7 Å². The van der Waals surface area contributed by atoms with E-state index >= 15 is 0 Å². The molecule has 0 bridgehead atoms. The van der Waals surface area contributed by atoms with Crippen LogP contribution in [0.3, 0.4) is 0 Å². The number of amides is 1. The number of anilines is 1. The summed E-state index contributed by atoms with van der Waals surface area (Å²) in [6, 6.07) is 7.69. The highest BCUT2D eigenvalue weighted by Gasteiger charge is 2.27. The van der Waals surface area contributed by atoms with Gasteiger partial charge in [0.2, 0.25) is 5.91 Å². The fourth-order valence-corrected chi connectivity index (χ4v) is 5.94. The number of nitrogens with one attached hydrogen (secondary N) is 1. The lowest BCUT2D eigenvalue weighted by Crippen LogP contribution is -2.35. The molecule has 8 heteroatoms. The molecule has 140 valence electrons. The minimum atomic E-state index is -3.49. The molecule has 26 heavy (non-hydrogen) atoms. The van der Waals surface area contributed by atoms with E-state index in [0.717, 1.165) is 36.2 Å². The van der Waals surface area contributed by atoms with Gasteiger partial charge in [-0.25, -0.2) is 12.8 Å². The first-order valence-corrected chi connectivity index (χ1v) is 10.8. The van der Waals surface area contributed by atoms with E-state index in [0.29, 0.717) is 18.0 Å². The minimum absolute atomic E-state index is 0.00751. The van der Waals surface area contributed by atoms with Crippen molar-refractivity contribution in [3.8, 4) is 0 Å². The maximum absolute atomic E-state index is 13.7. The van der Waals surface area contributed by atoms with Gasteiger partial charge in [0, 0.05) is 18.0 Å². The highest BCUT2D eigenvalue weighted by molar-refractivity contribution is 7.91. The van der Waals surface area contributed by atoms with Crippen molar-refractivity contribution in [2.45, 2.75) is 36.8 Å². The fraction of sp³-hybridized carbons (Fsp3) is 0.389. The number of thiophene rings is 1. The lowest BCUT2D eigenvalue weighted by molar-refractivity contribution is -0.115. The summed E-state index contributed by atoms with van der Waals surface area (Å²) < 4.78 is 40.8. The van der Waals surface area contributed by atoms with Crippen molar-refractivity contribution in [3.05, 3.63) is 46.6 Å². The molecular formula is C18H21FN2O3S2. The van der Waals surface area contributed by atoms with E-state index in [-0.39, 0.29) is 22.2 Å². The smallest absolute Gasteiger partial charge is 0.252 e. The summed E-state index contributed by atoms with van der Waals surface area (Å²) in [5.41, 5.74) is 0.973. The highest BCUT2D eigenvalue weighted by atomic mass is 32.2. The Hall–Kier alpha value is -1.77. The highest BCUT2D eigenvalue weighted by Crippen LogP contribution is 2.27. The molecular weight excluding hydrogens is 375 g/mol. The van der Waals surface area contributed by atoms with Gasteiger partial charge in [0.05, 0.1) is 12.1 Å². The average Bonchev–Trinajstić information content (AvgIpc) is 3.08. The number of aryl methyl sites for hydroxylation is 1. The molecule has 3 rings (SSSR count). The molecule has 1 aromatic heterocycles. The summed E-state index contributed by atoms with van der Waals surface area (Å²) in [7, 11) is -3.49. The van der Waals surface area contributed by atoms with Crippen LogP contribution in [0.15, 0.2) is 34.5 Å². The first kappa shape index (κ1) is 19.0. The molecule has 1 N–H and O–H groups in total. The first-order valence-electron chi connectivity index (χ1n) is 8.51.